The van der Waals surface area contributed by atoms with Gasteiger partial charge in [-0.3, -0.25) is 4.72 Å². The van der Waals surface area contributed by atoms with Crippen LogP contribution in [-0.4, -0.2) is 21.5 Å². The molecule has 4 aromatic rings. The van der Waals surface area contributed by atoms with Crippen molar-refractivity contribution in [2.45, 2.75) is 22.5 Å². The van der Waals surface area contributed by atoms with E-state index in [2.05, 4.69) is 35.1 Å². The molecule has 0 aliphatic heterocycles. The molecule has 0 heterocycles. The van der Waals surface area contributed by atoms with Crippen LogP contribution >= 0.6 is 11.8 Å². The molecule has 0 spiro atoms. The zero-order valence-corrected chi connectivity index (χ0v) is 19.9. The molecule has 0 bridgehead atoms. The normalized spacial score (nSPS) is 11.3. The molecular formula is C26H23NO4S2. The predicted molar refractivity (Wildman–Crippen MR) is 133 cm³/mol. The van der Waals surface area contributed by atoms with Crippen molar-refractivity contribution in [3.63, 3.8) is 0 Å². The second-order valence-corrected chi connectivity index (χ2v) is 10.3. The van der Waals surface area contributed by atoms with Crippen LogP contribution in [0.4, 0.5) is 5.69 Å². The molecule has 0 fully saturated rings. The highest BCUT2D eigenvalue weighted by Crippen LogP contribution is 2.27. The third kappa shape index (κ3) is 5.38. The number of rotatable bonds is 7. The first-order chi connectivity index (χ1) is 15.9. The van der Waals surface area contributed by atoms with Gasteiger partial charge in [-0.05, 0) is 65.2 Å². The van der Waals surface area contributed by atoms with Crippen LogP contribution in [0.1, 0.15) is 21.5 Å². The number of carbonyl (C=O) groups is 1. The molecule has 1 N–H and O–H groups in total. The molecule has 0 aromatic heterocycles. The molecule has 0 amide bonds. The van der Waals surface area contributed by atoms with Crippen molar-refractivity contribution in [3.05, 3.63) is 102 Å². The Labute approximate surface area is 197 Å². The average molecular weight is 478 g/mol. The number of esters is 1. The Morgan fingerprint density at radius 3 is 2.36 bits per heavy atom. The molecule has 168 valence electrons. The minimum Gasteiger partial charge on any atom is -0.465 e. The lowest BCUT2D eigenvalue weighted by Crippen LogP contribution is -2.14. The first kappa shape index (κ1) is 22.9. The molecule has 0 radical (unpaired) electrons. The summed E-state index contributed by atoms with van der Waals surface area (Å²) in [5.74, 6) is 0.243. The second-order valence-electron chi connectivity index (χ2n) is 7.57. The van der Waals surface area contributed by atoms with Crippen molar-refractivity contribution >= 4 is 44.2 Å². The summed E-state index contributed by atoms with van der Waals surface area (Å²) in [5.41, 5.74) is 2.55. The number of aryl methyl sites for hydroxylation is 1. The van der Waals surface area contributed by atoms with Crippen molar-refractivity contribution < 1.29 is 17.9 Å². The number of sulfonamides is 1. The number of thioether (sulfide) groups is 1. The maximum atomic E-state index is 12.8. The van der Waals surface area contributed by atoms with Gasteiger partial charge in [0.15, 0.2) is 0 Å². The molecule has 4 aromatic carbocycles. The Kier molecular flexibility index (Phi) is 6.72. The summed E-state index contributed by atoms with van der Waals surface area (Å²) in [4.78, 5) is 12.9. The van der Waals surface area contributed by atoms with Crippen molar-refractivity contribution in [3.8, 4) is 0 Å². The van der Waals surface area contributed by atoms with Crippen molar-refractivity contribution in [2.75, 3.05) is 11.8 Å². The molecule has 0 aliphatic carbocycles. The quantitative estimate of drug-likeness (QED) is 0.260. The van der Waals surface area contributed by atoms with Crippen LogP contribution < -0.4 is 4.72 Å². The maximum Gasteiger partial charge on any atom is 0.338 e. The maximum absolute atomic E-state index is 12.8. The molecule has 4 rings (SSSR count). The van der Waals surface area contributed by atoms with Crippen LogP contribution in [0.5, 0.6) is 0 Å². The van der Waals surface area contributed by atoms with Crippen molar-refractivity contribution in [1.82, 2.24) is 0 Å². The number of carbonyl (C=O) groups excluding carboxylic acids is 1. The number of ether oxygens (including phenoxy) is 1. The topological polar surface area (TPSA) is 72.5 Å². The van der Waals surface area contributed by atoms with Crippen LogP contribution in [0, 0.1) is 6.92 Å². The van der Waals surface area contributed by atoms with E-state index in [1.165, 1.54) is 35.6 Å². The number of hydrogen-bond acceptors (Lipinski definition) is 5. The minimum absolute atomic E-state index is 0.00301. The summed E-state index contributed by atoms with van der Waals surface area (Å²) < 4.78 is 32.9. The molecule has 0 aliphatic rings. The highest BCUT2D eigenvalue weighted by molar-refractivity contribution is 7.98. The van der Waals surface area contributed by atoms with Crippen molar-refractivity contribution in [1.29, 1.82) is 0 Å². The van der Waals surface area contributed by atoms with Crippen LogP contribution in [0.3, 0.4) is 0 Å². The molecule has 0 saturated carbocycles. The SMILES string of the molecule is COC(=O)c1cc(S(=O)(=O)Nc2ccc(SCc3ccc4ccccc4c3)cc2)ccc1C. The number of benzene rings is 4. The third-order valence-corrected chi connectivity index (χ3v) is 7.71. The lowest BCUT2D eigenvalue weighted by Gasteiger charge is -2.11. The molecule has 33 heavy (non-hydrogen) atoms. The van der Waals surface area contributed by atoms with E-state index in [0.29, 0.717) is 11.3 Å². The summed E-state index contributed by atoms with van der Waals surface area (Å²) in [6.45, 7) is 1.73. The number of nitrogens with one attached hydrogen (secondary N) is 1. The van der Waals surface area contributed by atoms with E-state index in [1.54, 1.807) is 36.9 Å². The Balaban J connectivity index is 1.44. The Bertz CT molecular complexity index is 1410. The zero-order chi connectivity index (χ0) is 23.4. The summed E-state index contributed by atoms with van der Waals surface area (Å²) in [6.07, 6.45) is 0. The van der Waals surface area contributed by atoms with Crippen molar-refractivity contribution in [2.24, 2.45) is 0 Å². The smallest absolute Gasteiger partial charge is 0.338 e. The van der Waals surface area contributed by atoms with E-state index in [-0.39, 0.29) is 10.5 Å². The van der Waals surface area contributed by atoms with E-state index in [1.807, 2.05) is 24.3 Å². The molecule has 0 unspecified atom stereocenters. The number of methoxy groups -OCH3 is 1. The Morgan fingerprint density at radius 2 is 1.64 bits per heavy atom. The molecule has 7 heteroatoms. The summed E-state index contributed by atoms with van der Waals surface area (Å²) in [5, 5.41) is 2.43. The summed E-state index contributed by atoms with van der Waals surface area (Å²) in [7, 11) is -2.58. The first-order valence-electron chi connectivity index (χ1n) is 10.3. The van der Waals surface area contributed by atoms with E-state index in [0.717, 1.165) is 10.6 Å². The number of fused-ring (bicyclic) bond motifs is 1. The fourth-order valence-corrected chi connectivity index (χ4v) is 5.35. The van der Waals surface area contributed by atoms with Gasteiger partial charge in [0, 0.05) is 16.3 Å². The monoisotopic (exact) mass is 477 g/mol. The highest BCUT2D eigenvalue weighted by Gasteiger charge is 2.18. The van der Waals surface area contributed by atoms with Gasteiger partial charge in [0.1, 0.15) is 0 Å². The standard InChI is InChI=1S/C26H23NO4S2/c1-18-7-14-24(16-25(18)26(28)31-2)33(29,30)27-22-10-12-23(13-11-22)32-17-19-8-9-20-5-3-4-6-21(20)15-19/h3-16,27H,17H2,1-2H3. The van der Waals surface area contributed by atoms with Gasteiger partial charge < -0.3 is 4.74 Å². The van der Waals surface area contributed by atoms with Gasteiger partial charge in [0.25, 0.3) is 10.0 Å². The molecule has 0 saturated heterocycles. The van der Waals surface area contributed by atoms with Crippen LogP contribution in [0.15, 0.2) is 94.7 Å². The summed E-state index contributed by atoms with van der Waals surface area (Å²) >= 11 is 1.69. The molecular weight excluding hydrogens is 454 g/mol. The van der Waals surface area contributed by atoms with Crippen LogP contribution in [0.2, 0.25) is 0 Å². The number of hydrogen-bond donors (Lipinski definition) is 1. The van der Waals surface area contributed by atoms with Crippen LogP contribution in [0.25, 0.3) is 10.8 Å². The van der Waals surface area contributed by atoms with E-state index < -0.39 is 16.0 Å². The largest absolute Gasteiger partial charge is 0.465 e. The lowest BCUT2D eigenvalue weighted by atomic mass is 10.1. The van der Waals surface area contributed by atoms with Gasteiger partial charge in [-0.1, -0.05) is 48.5 Å². The van der Waals surface area contributed by atoms with Gasteiger partial charge in [0.2, 0.25) is 0 Å². The number of anilines is 1. The predicted octanol–water partition coefficient (Wildman–Crippen LogP) is 6.03. The average Bonchev–Trinajstić information content (AvgIpc) is 2.83. The molecule has 0 atom stereocenters. The van der Waals surface area contributed by atoms with E-state index in [4.69, 9.17) is 4.74 Å². The fraction of sp³-hybridized carbons (Fsp3) is 0.115. The molecule has 5 nitrogen and oxygen atoms in total. The Hall–Kier alpha value is -3.29. The van der Waals surface area contributed by atoms with Gasteiger partial charge in [-0.2, -0.15) is 0 Å². The second kappa shape index (κ2) is 9.68. The van der Waals surface area contributed by atoms with E-state index >= 15 is 0 Å². The summed E-state index contributed by atoms with van der Waals surface area (Å²) in [6, 6.07) is 26.3. The lowest BCUT2D eigenvalue weighted by molar-refractivity contribution is 0.0599. The van der Waals surface area contributed by atoms with Gasteiger partial charge >= 0.3 is 5.97 Å². The fourth-order valence-electron chi connectivity index (χ4n) is 3.43. The van der Waals surface area contributed by atoms with Crippen LogP contribution in [-0.2, 0) is 20.5 Å². The zero-order valence-electron chi connectivity index (χ0n) is 18.2. The third-order valence-electron chi connectivity index (χ3n) is 5.25. The highest BCUT2D eigenvalue weighted by atomic mass is 32.2. The van der Waals surface area contributed by atoms with Gasteiger partial charge in [-0.25, -0.2) is 13.2 Å². The van der Waals surface area contributed by atoms with Gasteiger partial charge in [0.05, 0.1) is 17.6 Å². The van der Waals surface area contributed by atoms with Gasteiger partial charge in [-0.15, -0.1) is 11.8 Å². The Morgan fingerprint density at radius 1 is 0.909 bits per heavy atom. The van der Waals surface area contributed by atoms with E-state index in [9.17, 15) is 13.2 Å². The first-order valence-corrected chi connectivity index (χ1v) is 12.7. The minimum atomic E-state index is -3.85.